The molecule has 10 nitrogen and oxygen atoms in total. The molecule has 2 aromatic carbocycles. The molecule has 0 aromatic heterocycles. The van der Waals surface area contributed by atoms with Crippen molar-refractivity contribution in [2.75, 3.05) is 13.1 Å². The Bertz CT molecular complexity index is 1090. The van der Waals surface area contributed by atoms with Gasteiger partial charge in [-0.15, -0.1) is 0 Å². The number of nitrogens with zero attached hydrogens (tertiary/aromatic N) is 1. The third kappa shape index (κ3) is 7.03. The van der Waals surface area contributed by atoms with Crippen LogP contribution in [0, 0.1) is 0 Å². The average Bonchev–Trinajstić information content (AvgIpc) is 3.32. The third-order valence-electron chi connectivity index (χ3n) is 5.43. The van der Waals surface area contributed by atoms with Gasteiger partial charge in [-0.25, -0.2) is 18.0 Å². The molecular weight excluding hydrogens is 460 g/mol. The van der Waals surface area contributed by atoms with E-state index in [0.29, 0.717) is 12.0 Å². The lowest BCUT2D eigenvalue weighted by Gasteiger charge is -2.25. The largest absolute Gasteiger partial charge is 0.480 e. The fourth-order valence-corrected chi connectivity index (χ4v) is 5.48. The highest BCUT2D eigenvalue weighted by Gasteiger charge is 2.39. The number of carbonyl (C=O) groups is 3. The van der Waals surface area contributed by atoms with Crippen LogP contribution in [0.3, 0.4) is 0 Å². The number of carboxylic acids is 1. The van der Waals surface area contributed by atoms with Gasteiger partial charge in [0.05, 0.1) is 12.3 Å². The Morgan fingerprint density at radius 2 is 1.59 bits per heavy atom. The zero-order chi connectivity index (χ0) is 24.6. The summed E-state index contributed by atoms with van der Waals surface area (Å²) in [6.07, 6.45) is 0.779. The van der Waals surface area contributed by atoms with Crippen molar-refractivity contribution >= 4 is 27.9 Å². The van der Waals surface area contributed by atoms with E-state index < -0.39 is 40.0 Å². The van der Waals surface area contributed by atoms with E-state index in [1.165, 1.54) is 0 Å². The molecule has 2 unspecified atom stereocenters. The lowest BCUT2D eigenvalue weighted by molar-refractivity contribution is -0.142. The first kappa shape index (κ1) is 25.2. The van der Waals surface area contributed by atoms with E-state index in [-0.39, 0.29) is 31.8 Å². The minimum absolute atomic E-state index is 0.186. The van der Waals surface area contributed by atoms with Gasteiger partial charge in [-0.3, -0.25) is 4.79 Å². The van der Waals surface area contributed by atoms with Crippen molar-refractivity contribution in [1.82, 2.24) is 20.3 Å². The van der Waals surface area contributed by atoms with Crippen LogP contribution in [0.1, 0.15) is 24.0 Å². The molecule has 1 aliphatic rings. The maximum Gasteiger partial charge on any atom is 0.328 e. The summed E-state index contributed by atoms with van der Waals surface area (Å²) in [5, 5.41) is 16.9. The Hall–Kier alpha value is -3.44. The summed E-state index contributed by atoms with van der Waals surface area (Å²) in [7, 11) is -3.78. The van der Waals surface area contributed by atoms with Crippen LogP contribution in [0.15, 0.2) is 60.7 Å². The number of amides is 3. The summed E-state index contributed by atoms with van der Waals surface area (Å²) >= 11 is 0. The minimum Gasteiger partial charge on any atom is -0.480 e. The minimum atomic E-state index is -3.78. The second-order valence-corrected chi connectivity index (χ2v) is 9.88. The highest BCUT2D eigenvalue weighted by molar-refractivity contribution is 7.88. The van der Waals surface area contributed by atoms with Crippen molar-refractivity contribution in [3.8, 4) is 0 Å². The normalized spacial score (nSPS) is 17.0. The lowest BCUT2D eigenvalue weighted by Crippen LogP contribution is -2.54. The van der Waals surface area contributed by atoms with E-state index in [4.69, 9.17) is 0 Å². The third-order valence-corrected chi connectivity index (χ3v) is 7.28. The standard InChI is InChI=1S/C23H28N4O6S/c28-21(20-12-7-13-27(20)34(32,33)16-18-10-5-2-6-11-18)26-19(22(29)30)15-25-23(31)24-14-17-8-3-1-4-9-17/h1-6,8-11,19-20H,7,12-16H2,(H,26,28)(H,29,30)(H2,24,25,31). The van der Waals surface area contributed by atoms with Crippen LogP contribution in [0.25, 0.3) is 0 Å². The second kappa shape index (κ2) is 11.6. The number of hydrogen-bond acceptors (Lipinski definition) is 5. The smallest absolute Gasteiger partial charge is 0.328 e. The Kier molecular flexibility index (Phi) is 8.61. The molecule has 2 atom stereocenters. The van der Waals surface area contributed by atoms with Crippen LogP contribution in [0.5, 0.6) is 0 Å². The maximum atomic E-state index is 12.9. The maximum absolute atomic E-state index is 12.9. The Morgan fingerprint density at radius 3 is 2.21 bits per heavy atom. The molecule has 1 aliphatic heterocycles. The van der Waals surface area contributed by atoms with E-state index in [1.54, 1.807) is 30.3 Å². The van der Waals surface area contributed by atoms with Crippen LogP contribution >= 0.6 is 0 Å². The van der Waals surface area contributed by atoms with E-state index >= 15 is 0 Å². The summed E-state index contributed by atoms with van der Waals surface area (Å²) in [5.74, 6) is -2.29. The zero-order valence-electron chi connectivity index (χ0n) is 18.5. The van der Waals surface area contributed by atoms with Gasteiger partial charge in [0, 0.05) is 13.1 Å². The highest BCUT2D eigenvalue weighted by Crippen LogP contribution is 2.24. The van der Waals surface area contributed by atoms with Crippen LogP contribution in [-0.2, 0) is 31.9 Å². The molecule has 1 fully saturated rings. The van der Waals surface area contributed by atoms with Gasteiger partial charge in [-0.05, 0) is 24.0 Å². The van der Waals surface area contributed by atoms with Gasteiger partial charge >= 0.3 is 12.0 Å². The summed E-state index contributed by atoms with van der Waals surface area (Å²) in [6, 6.07) is 14.8. The number of urea groups is 1. The molecule has 182 valence electrons. The molecule has 1 saturated heterocycles. The monoisotopic (exact) mass is 488 g/mol. The molecule has 0 bridgehead atoms. The number of carboxylic acid groups (broad SMARTS) is 1. The molecule has 34 heavy (non-hydrogen) atoms. The van der Waals surface area contributed by atoms with Gasteiger partial charge < -0.3 is 21.1 Å². The van der Waals surface area contributed by atoms with Crippen LogP contribution in [0.4, 0.5) is 4.79 Å². The average molecular weight is 489 g/mol. The fraction of sp³-hybridized carbons (Fsp3) is 0.348. The number of sulfonamides is 1. The molecule has 4 N–H and O–H groups in total. The van der Waals surface area contributed by atoms with Gasteiger partial charge in [0.2, 0.25) is 15.9 Å². The Balaban J connectivity index is 1.55. The first-order valence-corrected chi connectivity index (χ1v) is 12.5. The van der Waals surface area contributed by atoms with E-state index in [9.17, 15) is 27.9 Å². The Morgan fingerprint density at radius 1 is 0.971 bits per heavy atom. The second-order valence-electron chi connectivity index (χ2n) is 7.96. The Labute approximate surface area is 198 Å². The van der Waals surface area contributed by atoms with Gasteiger partial charge in [0.25, 0.3) is 0 Å². The number of carbonyl (C=O) groups excluding carboxylic acids is 2. The number of nitrogens with one attached hydrogen (secondary N) is 3. The van der Waals surface area contributed by atoms with E-state index in [0.717, 1.165) is 9.87 Å². The van der Waals surface area contributed by atoms with E-state index in [2.05, 4.69) is 16.0 Å². The number of rotatable bonds is 10. The van der Waals surface area contributed by atoms with Crippen molar-refractivity contribution in [1.29, 1.82) is 0 Å². The number of aliphatic carboxylic acids is 1. The lowest BCUT2D eigenvalue weighted by atomic mass is 10.2. The summed E-state index contributed by atoms with van der Waals surface area (Å²) in [6.45, 7) is 0.0867. The quantitative estimate of drug-likeness (QED) is 0.393. The molecule has 3 rings (SSSR count). The molecule has 1 heterocycles. The first-order valence-electron chi connectivity index (χ1n) is 10.9. The van der Waals surface area contributed by atoms with Crippen LogP contribution in [0.2, 0.25) is 0 Å². The molecule has 0 aliphatic carbocycles. The molecule has 11 heteroatoms. The van der Waals surface area contributed by atoms with Crippen molar-refractivity contribution in [3.05, 3.63) is 71.8 Å². The zero-order valence-corrected chi connectivity index (χ0v) is 19.3. The SMILES string of the molecule is O=C(NCc1ccccc1)NCC(NC(=O)C1CCCN1S(=O)(=O)Cc1ccccc1)C(=O)O. The molecule has 2 aromatic rings. The van der Waals surface area contributed by atoms with Gasteiger partial charge in [-0.1, -0.05) is 60.7 Å². The topological polar surface area (TPSA) is 145 Å². The van der Waals surface area contributed by atoms with Gasteiger partial charge in [-0.2, -0.15) is 4.31 Å². The summed E-state index contributed by atoms with van der Waals surface area (Å²) < 4.78 is 26.9. The van der Waals surface area contributed by atoms with Crippen LogP contribution in [-0.4, -0.2) is 60.9 Å². The summed E-state index contributed by atoms with van der Waals surface area (Å²) in [5.41, 5.74) is 1.47. The van der Waals surface area contributed by atoms with Crippen molar-refractivity contribution in [3.63, 3.8) is 0 Å². The van der Waals surface area contributed by atoms with Gasteiger partial charge in [0.1, 0.15) is 12.1 Å². The molecule has 0 spiro atoms. The molecule has 0 radical (unpaired) electrons. The predicted molar refractivity (Wildman–Crippen MR) is 125 cm³/mol. The summed E-state index contributed by atoms with van der Waals surface area (Å²) in [4.78, 5) is 36.5. The molecular formula is C23H28N4O6S. The number of hydrogen-bond donors (Lipinski definition) is 4. The molecule has 0 saturated carbocycles. The van der Waals surface area contributed by atoms with Crippen molar-refractivity contribution in [2.45, 2.75) is 37.2 Å². The van der Waals surface area contributed by atoms with Crippen LogP contribution < -0.4 is 16.0 Å². The fourth-order valence-electron chi connectivity index (χ4n) is 3.71. The first-order chi connectivity index (χ1) is 16.3. The predicted octanol–water partition coefficient (Wildman–Crippen LogP) is 1.05. The van der Waals surface area contributed by atoms with Crippen molar-refractivity contribution in [2.24, 2.45) is 0 Å². The van der Waals surface area contributed by atoms with Crippen molar-refractivity contribution < 1.29 is 27.9 Å². The highest BCUT2D eigenvalue weighted by atomic mass is 32.2. The van der Waals surface area contributed by atoms with Gasteiger partial charge in [0.15, 0.2) is 0 Å². The molecule has 3 amide bonds. The number of benzene rings is 2. The van der Waals surface area contributed by atoms with E-state index in [1.807, 2.05) is 30.3 Å².